The van der Waals surface area contributed by atoms with E-state index in [0.717, 1.165) is 52.2 Å². The Bertz CT molecular complexity index is 627. The quantitative estimate of drug-likeness (QED) is 0.0509. The number of aliphatic hydroxyl groups is 4. The van der Waals surface area contributed by atoms with Crippen molar-refractivity contribution in [2.75, 3.05) is 72.6 Å². The minimum atomic E-state index is -2.06. The van der Waals surface area contributed by atoms with E-state index in [-0.39, 0.29) is 13.0 Å². The monoisotopic (exact) mass is 550 g/mol. The van der Waals surface area contributed by atoms with Crippen LogP contribution in [0.15, 0.2) is 0 Å². The van der Waals surface area contributed by atoms with E-state index in [4.69, 9.17) is 4.74 Å². The maximum Gasteiger partial charge on any atom is 0.251 e. The highest BCUT2D eigenvalue weighted by Crippen LogP contribution is 2.20. The lowest BCUT2D eigenvalue weighted by Gasteiger charge is -2.31. The predicted molar refractivity (Wildman–Crippen MR) is 147 cm³/mol. The molecular formula is C25H54N6O7. The molecule has 0 aromatic carbocycles. The van der Waals surface area contributed by atoms with E-state index >= 15 is 0 Å². The first-order chi connectivity index (χ1) is 18.0. The molecule has 0 bridgehead atoms. The molecule has 6 atom stereocenters. The minimum absolute atomic E-state index is 0.180. The molecular weight excluding hydrogens is 496 g/mol. The van der Waals surface area contributed by atoms with Crippen LogP contribution in [0.2, 0.25) is 0 Å². The van der Waals surface area contributed by atoms with E-state index in [9.17, 15) is 30.0 Å². The van der Waals surface area contributed by atoms with Crippen LogP contribution in [0, 0.1) is 0 Å². The number of methoxy groups -OCH3 is 1. The summed E-state index contributed by atoms with van der Waals surface area (Å²) in [5.41, 5.74) is -1.37. The molecule has 38 heavy (non-hydrogen) atoms. The van der Waals surface area contributed by atoms with Gasteiger partial charge in [0, 0.05) is 78.6 Å². The first-order valence-electron chi connectivity index (χ1n) is 13.7. The molecule has 226 valence electrons. The molecule has 0 aliphatic heterocycles. The second-order valence-corrected chi connectivity index (χ2v) is 9.58. The van der Waals surface area contributed by atoms with Crippen molar-refractivity contribution in [3.05, 3.63) is 0 Å². The Morgan fingerprint density at radius 3 is 1.58 bits per heavy atom. The van der Waals surface area contributed by atoms with Gasteiger partial charge in [-0.05, 0) is 26.7 Å². The Labute approximate surface area is 227 Å². The van der Waals surface area contributed by atoms with Crippen molar-refractivity contribution in [3.8, 4) is 0 Å². The molecule has 0 radical (unpaired) electrons. The summed E-state index contributed by atoms with van der Waals surface area (Å²) in [6, 6.07) is 0.556. The van der Waals surface area contributed by atoms with E-state index in [0.29, 0.717) is 19.1 Å². The number of carbonyl (C=O) groups excluding carboxylic acids is 2. The zero-order valence-electron chi connectivity index (χ0n) is 23.9. The Hall–Kier alpha value is -1.26. The van der Waals surface area contributed by atoms with Crippen molar-refractivity contribution in [2.45, 2.75) is 76.6 Å². The molecule has 0 aliphatic carbocycles. The van der Waals surface area contributed by atoms with Crippen molar-refractivity contribution in [3.63, 3.8) is 0 Å². The summed E-state index contributed by atoms with van der Waals surface area (Å²) in [5.74, 6) is -1.78. The van der Waals surface area contributed by atoms with E-state index in [1.807, 2.05) is 0 Å². The molecule has 0 heterocycles. The van der Waals surface area contributed by atoms with Gasteiger partial charge >= 0.3 is 0 Å². The summed E-state index contributed by atoms with van der Waals surface area (Å²) in [7, 11) is 1.29. The number of Topliss-reactive ketones (excluding diaryl/α,β-unsaturated/α-hetero) is 1. The molecule has 0 rings (SSSR count). The van der Waals surface area contributed by atoms with Crippen LogP contribution < -0.4 is 31.9 Å². The maximum atomic E-state index is 12.4. The third-order valence-electron chi connectivity index (χ3n) is 6.62. The van der Waals surface area contributed by atoms with Crippen molar-refractivity contribution in [2.24, 2.45) is 0 Å². The van der Waals surface area contributed by atoms with E-state index < -0.39 is 41.7 Å². The van der Waals surface area contributed by atoms with Gasteiger partial charge in [0.2, 0.25) is 0 Å². The van der Waals surface area contributed by atoms with Crippen molar-refractivity contribution in [1.82, 2.24) is 31.9 Å². The normalized spacial score (nSPS) is 17.3. The number of hydrogen-bond donors (Lipinski definition) is 10. The van der Waals surface area contributed by atoms with Crippen molar-refractivity contribution < 1.29 is 34.8 Å². The first-order valence-corrected chi connectivity index (χ1v) is 13.7. The third kappa shape index (κ3) is 14.8. The van der Waals surface area contributed by atoms with Crippen LogP contribution in [0.5, 0.6) is 0 Å². The number of carbonyl (C=O) groups is 2. The molecule has 0 spiro atoms. The second-order valence-electron chi connectivity index (χ2n) is 9.58. The maximum absolute atomic E-state index is 12.4. The van der Waals surface area contributed by atoms with Crippen LogP contribution >= 0.6 is 0 Å². The smallest absolute Gasteiger partial charge is 0.251 e. The van der Waals surface area contributed by atoms with Crippen LogP contribution in [0.4, 0.5) is 0 Å². The number of aliphatic hydroxyl groups excluding tert-OH is 4. The van der Waals surface area contributed by atoms with Crippen LogP contribution in [0.25, 0.3) is 0 Å². The zero-order chi connectivity index (χ0) is 29.0. The summed E-state index contributed by atoms with van der Waals surface area (Å²) < 4.78 is 5.09. The fourth-order valence-electron chi connectivity index (χ4n) is 3.38. The summed E-state index contributed by atoms with van der Waals surface area (Å²) in [6.07, 6.45) is -6.81. The van der Waals surface area contributed by atoms with Gasteiger partial charge in [0.15, 0.2) is 11.9 Å². The van der Waals surface area contributed by atoms with Gasteiger partial charge in [0.05, 0.1) is 0 Å². The molecule has 0 saturated carbocycles. The van der Waals surface area contributed by atoms with Gasteiger partial charge in [-0.2, -0.15) is 0 Å². The summed E-state index contributed by atoms with van der Waals surface area (Å²) in [4.78, 5) is 24.5. The van der Waals surface area contributed by atoms with Gasteiger partial charge in [0.25, 0.3) is 5.91 Å². The van der Waals surface area contributed by atoms with Crippen LogP contribution in [0.3, 0.4) is 0 Å². The van der Waals surface area contributed by atoms with Crippen LogP contribution in [-0.4, -0.2) is 141 Å². The molecule has 10 N–H and O–H groups in total. The SMILES string of the molecule is CCC(C)NCCNCCNCCNCCNCCNC(=O)[C@H](O)[C@@H](O)[C@H](O)[C@H](O)C(=O)C(C)(CC)OC. The fraction of sp³-hybridized carbons (Fsp3) is 0.920. The standard InChI is InChI=1S/C25H54N6O7/c1-6-18(3)30-16-14-28-12-10-26-8-9-27-11-13-29-15-17-31-24(37)22(35)20(33)19(32)21(34)23(36)25(4,7-2)38-5/h18-22,26-30,32-35H,6-17H2,1-5H3,(H,31,37)/t18?,19-,20-,21-,22+,25?/m0/s1. The van der Waals surface area contributed by atoms with Gasteiger partial charge in [-0.1, -0.05) is 13.8 Å². The Morgan fingerprint density at radius 1 is 0.737 bits per heavy atom. The van der Waals surface area contributed by atoms with E-state index in [1.165, 1.54) is 14.0 Å². The molecule has 0 fully saturated rings. The van der Waals surface area contributed by atoms with Crippen molar-refractivity contribution in [1.29, 1.82) is 0 Å². The molecule has 0 aromatic rings. The van der Waals surface area contributed by atoms with Crippen LogP contribution in [0.1, 0.15) is 40.5 Å². The van der Waals surface area contributed by atoms with E-state index in [1.54, 1.807) is 6.92 Å². The molecule has 13 heteroatoms. The fourth-order valence-corrected chi connectivity index (χ4v) is 3.38. The highest BCUT2D eigenvalue weighted by molar-refractivity contribution is 5.91. The Kier molecular flexibility index (Phi) is 20.8. The largest absolute Gasteiger partial charge is 0.387 e. The Morgan fingerprint density at radius 2 is 1.16 bits per heavy atom. The lowest BCUT2D eigenvalue weighted by molar-refractivity contribution is -0.166. The van der Waals surface area contributed by atoms with Gasteiger partial charge in [-0.15, -0.1) is 0 Å². The molecule has 0 aliphatic rings. The average molecular weight is 551 g/mol. The number of nitrogens with one attached hydrogen (secondary N) is 6. The van der Waals surface area contributed by atoms with Gasteiger partial charge in [-0.3, -0.25) is 9.59 Å². The lowest BCUT2D eigenvalue weighted by Crippen LogP contribution is -2.56. The molecule has 2 unspecified atom stereocenters. The number of hydrogen-bond acceptors (Lipinski definition) is 12. The number of ketones is 1. The summed E-state index contributed by atoms with van der Waals surface area (Å²) in [6.45, 7) is 14.9. The van der Waals surface area contributed by atoms with Crippen LogP contribution in [-0.2, 0) is 14.3 Å². The number of rotatable bonds is 25. The second kappa shape index (κ2) is 21.5. The molecule has 1 amide bonds. The summed E-state index contributed by atoms with van der Waals surface area (Å²) in [5, 5.41) is 59.4. The van der Waals surface area contributed by atoms with Crippen molar-refractivity contribution >= 4 is 11.7 Å². The molecule has 13 nitrogen and oxygen atoms in total. The number of amides is 1. The Balaban J connectivity index is 3.85. The van der Waals surface area contributed by atoms with Gasteiger partial charge in [-0.25, -0.2) is 0 Å². The topological polar surface area (TPSA) is 196 Å². The lowest BCUT2D eigenvalue weighted by atomic mass is 9.88. The number of ether oxygens (including phenoxy) is 1. The summed E-state index contributed by atoms with van der Waals surface area (Å²) >= 11 is 0. The highest BCUT2D eigenvalue weighted by Gasteiger charge is 2.43. The zero-order valence-corrected chi connectivity index (χ0v) is 23.9. The molecule has 0 aromatic heterocycles. The van der Waals surface area contributed by atoms with Gasteiger partial charge in [0.1, 0.15) is 23.9 Å². The van der Waals surface area contributed by atoms with Gasteiger partial charge < -0.3 is 57.1 Å². The predicted octanol–water partition coefficient (Wildman–Crippen LogP) is -3.32. The molecule has 0 saturated heterocycles. The highest BCUT2D eigenvalue weighted by atomic mass is 16.5. The average Bonchev–Trinajstić information content (AvgIpc) is 2.93. The first kappa shape index (κ1) is 36.7. The van der Waals surface area contributed by atoms with E-state index in [2.05, 4.69) is 45.7 Å². The minimum Gasteiger partial charge on any atom is -0.387 e. The third-order valence-corrected chi connectivity index (χ3v) is 6.62.